The maximum Gasteiger partial charge on any atom is 0.264 e. The van der Waals surface area contributed by atoms with Crippen LogP contribution >= 0.6 is 22.7 Å². The number of anilines is 2. The number of fused-ring (bicyclic) bond motifs is 1. The van der Waals surface area contributed by atoms with E-state index in [1.165, 1.54) is 11.3 Å². The van der Waals surface area contributed by atoms with E-state index in [0.717, 1.165) is 38.2 Å². The zero-order valence-electron chi connectivity index (χ0n) is 14.9. The van der Waals surface area contributed by atoms with Crippen LogP contribution in [0.3, 0.4) is 0 Å². The Labute approximate surface area is 160 Å². The maximum atomic E-state index is 12.9. The van der Waals surface area contributed by atoms with Crippen molar-refractivity contribution in [3.05, 3.63) is 41.3 Å². The van der Waals surface area contributed by atoms with Crippen LogP contribution in [0.4, 0.5) is 10.8 Å². The molecule has 0 saturated carbocycles. The minimum absolute atomic E-state index is 0.0480. The molecule has 1 aliphatic rings. The van der Waals surface area contributed by atoms with Gasteiger partial charge in [-0.2, -0.15) is 0 Å². The molecule has 1 aliphatic heterocycles. The van der Waals surface area contributed by atoms with Gasteiger partial charge < -0.3 is 16.0 Å². The fourth-order valence-electron chi connectivity index (χ4n) is 3.24. The Morgan fingerprint density at radius 1 is 1.31 bits per heavy atom. The topological polar surface area (TPSA) is 71.2 Å². The molecule has 0 bridgehead atoms. The summed E-state index contributed by atoms with van der Waals surface area (Å²) in [6.45, 7) is 5.69. The summed E-state index contributed by atoms with van der Waals surface area (Å²) in [7, 11) is 0. The highest BCUT2D eigenvalue weighted by molar-refractivity contribution is 7.29. The molecule has 26 heavy (non-hydrogen) atoms. The van der Waals surface area contributed by atoms with Crippen molar-refractivity contribution in [2.45, 2.75) is 26.3 Å². The van der Waals surface area contributed by atoms with Gasteiger partial charge in [-0.15, -0.1) is 11.3 Å². The van der Waals surface area contributed by atoms with Gasteiger partial charge in [0.05, 0.1) is 9.58 Å². The van der Waals surface area contributed by atoms with Gasteiger partial charge >= 0.3 is 0 Å². The predicted molar refractivity (Wildman–Crippen MR) is 109 cm³/mol. The lowest BCUT2D eigenvalue weighted by Gasteiger charge is -2.42. The van der Waals surface area contributed by atoms with Crippen molar-refractivity contribution in [3.63, 3.8) is 0 Å². The molecule has 0 spiro atoms. The third-order valence-electron chi connectivity index (χ3n) is 4.92. The van der Waals surface area contributed by atoms with E-state index in [9.17, 15) is 4.79 Å². The number of amides is 1. The van der Waals surface area contributed by atoms with Crippen LogP contribution in [-0.4, -0.2) is 34.9 Å². The number of piperidine rings is 1. The smallest absolute Gasteiger partial charge is 0.264 e. The summed E-state index contributed by atoms with van der Waals surface area (Å²) in [4.78, 5) is 21.1. The second kappa shape index (κ2) is 6.64. The Balaban J connectivity index is 1.51. The van der Waals surface area contributed by atoms with Crippen LogP contribution in [-0.2, 0) is 0 Å². The normalized spacial score (nSPS) is 19.7. The molecule has 5 nitrogen and oxygen atoms in total. The van der Waals surface area contributed by atoms with Crippen molar-refractivity contribution in [3.8, 4) is 0 Å². The van der Waals surface area contributed by atoms with Gasteiger partial charge in [-0.3, -0.25) is 4.79 Å². The number of hydrogen-bond acceptors (Lipinski definition) is 6. The quantitative estimate of drug-likeness (QED) is 0.704. The summed E-state index contributed by atoms with van der Waals surface area (Å²) in [5, 5.41) is 4.16. The van der Waals surface area contributed by atoms with E-state index < -0.39 is 0 Å². The van der Waals surface area contributed by atoms with Gasteiger partial charge in [0.15, 0.2) is 5.13 Å². The minimum Gasteiger partial charge on any atom is -0.337 e. The molecule has 1 atom stereocenters. The van der Waals surface area contributed by atoms with Crippen molar-refractivity contribution in [1.29, 1.82) is 0 Å². The first-order chi connectivity index (χ1) is 12.4. The fourth-order valence-corrected chi connectivity index (χ4v) is 5.35. The number of carbonyl (C=O) groups excluding carboxylic acids is 1. The molecule has 4 rings (SSSR count). The van der Waals surface area contributed by atoms with Gasteiger partial charge in [-0.05, 0) is 30.0 Å². The van der Waals surface area contributed by atoms with E-state index in [-0.39, 0.29) is 17.4 Å². The van der Waals surface area contributed by atoms with Gasteiger partial charge in [0.2, 0.25) is 0 Å². The van der Waals surface area contributed by atoms with Crippen molar-refractivity contribution >= 4 is 48.9 Å². The number of nitrogens with two attached hydrogens (primary N) is 1. The van der Waals surface area contributed by atoms with Crippen molar-refractivity contribution in [2.24, 2.45) is 11.1 Å². The Kier molecular flexibility index (Phi) is 4.46. The van der Waals surface area contributed by atoms with E-state index in [0.29, 0.717) is 6.54 Å². The number of thiophene rings is 1. The highest BCUT2D eigenvalue weighted by Crippen LogP contribution is 2.36. The third kappa shape index (κ3) is 3.34. The molecule has 136 valence electrons. The Bertz CT molecular complexity index is 900. The first-order valence-corrected chi connectivity index (χ1v) is 10.3. The summed E-state index contributed by atoms with van der Waals surface area (Å²) in [6.07, 6.45) is 0.849. The molecular formula is C19H22N4OS2. The van der Waals surface area contributed by atoms with Gasteiger partial charge in [-0.25, -0.2) is 4.98 Å². The Morgan fingerprint density at radius 2 is 2.08 bits per heavy atom. The zero-order chi connectivity index (χ0) is 18.3. The molecule has 1 amide bonds. The molecular weight excluding hydrogens is 364 g/mol. The van der Waals surface area contributed by atoms with E-state index >= 15 is 0 Å². The first-order valence-electron chi connectivity index (χ1n) is 8.70. The third-order valence-corrected chi connectivity index (χ3v) is 6.99. The number of nitrogens with one attached hydrogen (secondary N) is 1. The monoisotopic (exact) mass is 386 g/mol. The second-order valence-electron chi connectivity index (χ2n) is 7.40. The number of rotatable bonds is 3. The van der Waals surface area contributed by atoms with Crippen molar-refractivity contribution < 1.29 is 4.79 Å². The molecule has 0 aliphatic carbocycles. The summed E-state index contributed by atoms with van der Waals surface area (Å²) < 4.78 is 1.05. The number of hydrogen-bond donors (Lipinski definition) is 2. The lowest BCUT2D eigenvalue weighted by atomic mass is 9.79. The lowest BCUT2D eigenvalue weighted by Crippen LogP contribution is -2.53. The van der Waals surface area contributed by atoms with Crippen LogP contribution in [0.2, 0.25) is 0 Å². The minimum atomic E-state index is -0.0480. The highest BCUT2D eigenvalue weighted by atomic mass is 32.1. The van der Waals surface area contributed by atoms with Crippen LogP contribution in [0.15, 0.2) is 36.4 Å². The number of likely N-dealkylation sites (tertiary alicyclic amines) is 1. The average molecular weight is 387 g/mol. The molecule has 1 fully saturated rings. The van der Waals surface area contributed by atoms with Crippen LogP contribution < -0.4 is 11.1 Å². The summed E-state index contributed by atoms with van der Waals surface area (Å²) in [6, 6.07) is 12.1. The van der Waals surface area contributed by atoms with E-state index in [1.807, 2.05) is 41.3 Å². The molecule has 3 heterocycles. The van der Waals surface area contributed by atoms with E-state index in [1.54, 1.807) is 11.3 Å². The van der Waals surface area contributed by atoms with Crippen molar-refractivity contribution in [2.75, 3.05) is 18.4 Å². The van der Waals surface area contributed by atoms with Crippen LogP contribution in [0.5, 0.6) is 0 Å². The largest absolute Gasteiger partial charge is 0.337 e. The van der Waals surface area contributed by atoms with E-state index in [2.05, 4.69) is 24.1 Å². The summed E-state index contributed by atoms with van der Waals surface area (Å²) in [5.74, 6) is 0.0951. The van der Waals surface area contributed by atoms with Crippen molar-refractivity contribution in [1.82, 2.24) is 9.88 Å². The standard InChI is InChI=1S/C19H22N4OS2/c1-19(2)11-23(9-8-15(19)20)17(24)14-10-13-16(25-14)22-18(26-13)21-12-6-4-3-5-7-12/h3-7,10,15H,8-9,11,20H2,1-2H3,(H,21,22). The molecule has 1 aromatic carbocycles. The maximum absolute atomic E-state index is 12.9. The SMILES string of the molecule is CC1(C)CN(C(=O)c2cc3sc(Nc4ccccc4)nc3s2)CCC1N. The number of carbonyl (C=O) groups is 1. The second-order valence-corrected chi connectivity index (χ2v) is 9.46. The van der Waals surface area contributed by atoms with Gasteiger partial charge in [-0.1, -0.05) is 43.4 Å². The first kappa shape index (κ1) is 17.5. The van der Waals surface area contributed by atoms with Gasteiger partial charge in [0, 0.05) is 24.8 Å². The van der Waals surface area contributed by atoms with Gasteiger partial charge in [0.25, 0.3) is 5.91 Å². The summed E-state index contributed by atoms with van der Waals surface area (Å²) >= 11 is 3.04. The molecule has 7 heteroatoms. The number of thiazole rings is 1. The lowest BCUT2D eigenvalue weighted by molar-refractivity contribution is 0.0537. The highest BCUT2D eigenvalue weighted by Gasteiger charge is 2.36. The summed E-state index contributed by atoms with van der Waals surface area (Å²) in [5.41, 5.74) is 7.15. The van der Waals surface area contributed by atoms with Crippen LogP contribution in [0.25, 0.3) is 9.53 Å². The van der Waals surface area contributed by atoms with E-state index in [4.69, 9.17) is 5.73 Å². The zero-order valence-corrected chi connectivity index (χ0v) is 16.5. The van der Waals surface area contributed by atoms with Crippen LogP contribution in [0, 0.1) is 5.41 Å². The van der Waals surface area contributed by atoms with Crippen LogP contribution in [0.1, 0.15) is 29.9 Å². The number of aromatic nitrogens is 1. The predicted octanol–water partition coefficient (Wildman–Crippen LogP) is 4.30. The number of nitrogens with zero attached hydrogens (tertiary/aromatic N) is 2. The molecule has 1 unspecified atom stereocenters. The number of benzene rings is 1. The van der Waals surface area contributed by atoms with Gasteiger partial charge in [0.1, 0.15) is 4.83 Å². The molecule has 1 saturated heterocycles. The molecule has 2 aromatic heterocycles. The Hall–Kier alpha value is -1.96. The molecule has 3 aromatic rings. The Morgan fingerprint density at radius 3 is 2.77 bits per heavy atom. The molecule has 3 N–H and O–H groups in total. The fraction of sp³-hybridized carbons (Fsp3) is 0.368. The average Bonchev–Trinajstić information content (AvgIpc) is 3.16. The number of para-hydroxylation sites is 1. The molecule has 0 radical (unpaired) electrons.